The Balaban J connectivity index is 0.000000200. The minimum Gasteiger partial charge on any atom is -1.00 e. The molecule has 0 spiro atoms. The third kappa shape index (κ3) is 8.70. The average molecular weight is 666 g/mol. The molecular formula is C36H47BN4NaO2S2. The van der Waals surface area contributed by atoms with E-state index in [4.69, 9.17) is 24.4 Å². The molecule has 4 aliphatic heterocycles. The first kappa shape index (κ1) is 36.1. The van der Waals surface area contributed by atoms with Crippen LogP contribution < -0.4 is 34.9 Å². The molecule has 3 fully saturated rings. The van der Waals surface area contributed by atoms with E-state index >= 15 is 0 Å². The van der Waals surface area contributed by atoms with E-state index in [1.165, 1.54) is 61.0 Å². The first-order valence-electron chi connectivity index (χ1n) is 16.8. The van der Waals surface area contributed by atoms with Crippen LogP contribution in [0, 0.1) is 11.8 Å². The van der Waals surface area contributed by atoms with Crippen molar-refractivity contribution in [3.63, 3.8) is 0 Å². The number of aromatic nitrogens is 2. The van der Waals surface area contributed by atoms with Crippen molar-refractivity contribution in [1.29, 1.82) is 0 Å². The standard InChI is InChI=1S/C18H24N2OS.C18H22N2OS.B.Na.H/c2*1-12-2-4-15(19-11-12)14-3-5-17-16(10-14)20-18(22-17)13-6-8-21-9-7-13;;;/h3,5,10,12-13,15,19H,2,4,6-9,11H2,1H3;3,5,10,12-13H,2,4,6-9,11H2,1H3;;;/q;;;+1;-1/t12-,15+;12-;;;/m00.../s1. The summed E-state index contributed by atoms with van der Waals surface area (Å²) in [5.41, 5.74) is 6.27. The molecule has 0 saturated carbocycles. The topological polar surface area (TPSA) is 68.6 Å². The van der Waals surface area contributed by atoms with Gasteiger partial charge in [0.2, 0.25) is 0 Å². The smallest absolute Gasteiger partial charge is 1.00 e. The van der Waals surface area contributed by atoms with Gasteiger partial charge in [-0.25, -0.2) is 9.97 Å². The molecule has 3 radical (unpaired) electrons. The van der Waals surface area contributed by atoms with Crippen LogP contribution in [0.5, 0.6) is 0 Å². The molecule has 0 unspecified atom stereocenters. The van der Waals surface area contributed by atoms with Gasteiger partial charge in [-0.15, -0.1) is 22.7 Å². The number of nitrogens with zero attached hydrogens (tertiary/aromatic N) is 3. The van der Waals surface area contributed by atoms with Crippen LogP contribution in [0.25, 0.3) is 20.4 Å². The van der Waals surface area contributed by atoms with Crippen molar-refractivity contribution >= 4 is 57.2 Å². The van der Waals surface area contributed by atoms with E-state index < -0.39 is 0 Å². The van der Waals surface area contributed by atoms with Crippen molar-refractivity contribution in [2.75, 3.05) is 39.5 Å². The summed E-state index contributed by atoms with van der Waals surface area (Å²) in [5, 5.41) is 6.27. The molecule has 2 aromatic carbocycles. The summed E-state index contributed by atoms with van der Waals surface area (Å²) in [5.74, 6) is 2.72. The van der Waals surface area contributed by atoms with Crippen molar-refractivity contribution in [1.82, 2.24) is 15.3 Å². The number of thiazole rings is 2. The quantitative estimate of drug-likeness (QED) is 0.296. The van der Waals surface area contributed by atoms with Crippen LogP contribution in [0.3, 0.4) is 0 Å². The molecule has 0 bridgehead atoms. The van der Waals surface area contributed by atoms with Gasteiger partial charge in [0.15, 0.2) is 0 Å². The Kier molecular flexibility index (Phi) is 13.3. The normalized spacial score (nSPS) is 24.4. The minimum atomic E-state index is 0. The fourth-order valence-electron chi connectivity index (χ4n) is 6.88. The molecule has 6 nitrogen and oxygen atoms in total. The third-order valence-electron chi connectivity index (χ3n) is 9.84. The van der Waals surface area contributed by atoms with E-state index in [0.717, 1.165) is 89.0 Å². The van der Waals surface area contributed by atoms with Crippen LogP contribution >= 0.6 is 22.7 Å². The number of hydrogen-bond donors (Lipinski definition) is 1. The zero-order chi connectivity index (χ0) is 29.9. The minimum absolute atomic E-state index is 0. The van der Waals surface area contributed by atoms with Gasteiger partial charge in [-0.3, -0.25) is 4.99 Å². The van der Waals surface area contributed by atoms with Crippen LogP contribution in [-0.2, 0) is 9.47 Å². The van der Waals surface area contributed by atoms with Gasteiger partial charge in [0.25, 0.3) is 0 Å². The Morgan fingerprint density at radius 3 is 1.91 bits per heavy atom. The number of hydrogen-bond acceptors (Lipinski definition) is 8. The van der Waals surface area contributed by atoms with Gasteiger partial charge in [-0.05, 0) is 105 Å². The van der Waals surface area contributed by atoms with E-state index in [1.54, 1.807) is 0 Å². The summed E-state index contributed by atoms with van der Waals surface area (Å²) in [6.45, 7) is 10.2. The molecule has 8 rings (SSSR count). The van der Waals surface area contributed by atoms with Crippen LogP contribution in [0.15, 0.2) is 41.4 Å². The summed E-state index contributed by atoms with van der Waals surface area (Å²) in [4.78, 5) is 14.6. The molecule has 4 aromatic rings. The predicted molar refractivity (Wildman–Crippen MR) is 191 cm³/mol. The second kappa shape index (κ2) is 17.0. The first-order valence-corrected chi connectivity index (χ1v) is 18.5. The number of piperidine rings is 1. The van der Waals surface area contributed by atoms with Crippen molar-refractivity contribution in [2.24, 2.45) is 16.8 Å². The zero-order valence-electron chi connectivity index (χ0n) is 28.8. The maximum Gasteiger partial charge on any atom is 1.00 e. The van der Waals surface area contributed by atoms with Crippen LogP contribution in [-0.4, -0.2) is 63.6 Å². The second-order valence-corrected chi connectivity index (χ2v) is 15.5. The number of rotatable bonds is 4. The van der Waals surface area contributed by atoms with E-state index in [2.05, 4.69) is 55.6 Å². The Bertz CT molecular complexity index is 1600. The van der Waals surface area contributed by atoms with Crippen LogP contribution in [0.4, 0.5) is 0 Å². The molecule has 0 aliphatic carbocycles. The Hall–Kier alpha value is -1.17. The van der Waals surface area contributed by atoms with Crippen molar-refractivity contribution in [3.05, 3.63) is 57.5 Å². The van der Waals surface area contributed by atoms with E-state index in [-0.39, 0.29) is 39.4 Å². The predicted octanol–water partition coefficient (Wildman–Crippen LogP) is 5.40. The summed E-state index contributed by atoms with van der Waals surface area (Å²) in [6.07, 6.45) is 9.37. The molecule has 0 amide bonds. The molecule has 6 heterocycles. The van der Waals surface area contributed by atoms with E-state index in [9.17, 15) is 0 Å². The van der Waals surface area contributed by atoms with E-state index in [0.29, 0.717) is 17.9 Å². The number of nitrogens with one attached hydrogen (secondary N) is 1. The number of fused-ring (bicyclic) bond motifs is 2. The summed E-state index contributed by atoms with van der Waals surface area (Å²) < 4.78 is 13.6. The van der Waals surface area contributed by atoms with Crippen molar-refractivity contribution < 1.29 is 40.5 Å². The molecule has 1 N–H and O–H groups in total. The molecule has 3 saturated heterocycles. The fraction of sp³-hybridized carbons (Fsp3) is 0.583. The molecule has 239 valence electrons. The monoisotopic (exact) mass is 665 g/mol. The van der Waals surface area contributed by atoms with Gasteiger partial charge in [-0.1, -0.05) is 26.0 Å². The molecule has 3 atom stereocenters. The van der Waals surface area contributed by atoms with Gasteiger partial charge in [0.05, 0.1) is 30.4 Å². The fourth-order valence-corrected chi connectivity index (χ4v) is 9.11. The Labute approximate surface area is 307 Å². The van der Waals surface area contributed by atoms with Crippen LogP contribution in [0.2, 0.25) is 0 Å². The maximum absolute atomic E-state index is 5.47. The molecule has 2 aromatic heterocycles. The second-order valence-electron chi connectivity index (χ2n) is 13.4. The van der Waals surface area contributed by atoms with E-state index in [1.807, 2.05) is 22.7 Å². The van der Waals surface area contributed by atoms with Crippen molar-refractivity contribution in [2.45, 2.75) is 83.1 Å². The molecule has 4 aliphatic rings. The molecular weight excluding hydrogens is 618 g/mol. The average Bonchev–Trinajstić information content (AvgIpc) is 3.71. The molecule has 46 heavy (non-hydrogen) atoms. The Morgan fingerprint density at radius 1 is 0.739 bits per heavy atom. The van der Waals surface area contributed by atoms with Gasteiger partial charge < -0.3 is 16.2 Å². The largest absolute Gasteiger partial charge is 1.00 e. The molecule has 10 heteroatoms. The van der Waals surface area contributed by atoms with Crippen LogP contribution in [0.1, 0.15) is 106 Å². The van der Waals surface area contributed by atoms with Gasteiger partial charge in [0, 0.05) is 65.0 Å². The van der Waals surface area contributed by atoms with Gasteiger partial charge in [-0.2, -0.15) is 0 Å². The summed E-state index contributed by atoms with van der Waals surface area (Å²) in [6, 6.07) is 14.1. The maximum atomic E-state index is 5.47. The number of ether oxygens (including phenoxy) is 2. The number of aliphatic imine (C=N–C) groups is 1. The zero-order valence-corrected chi connectivity index (χ0v) is 31.4. The SMILES string of the molecule is C[C@H]1CCC(c2ccc3sc(C4CCOCC4)nc3c2)=NC1.C[C@H]1CC[C@H](c2ccc3sc(C4CCOCC4)nc3c2)NC1.[B].[H-].[Na+]. The first-order chi connectivity index (χ1) is 21.6. The van der Waals surface area contributed by atoms with Gasteiger partial charge >= 0.3 is 29.6 Å². The van der Waals surface area contributed by atoms with Gasteiger partial charge in [0.1, 0.15) is 0 Å². The summed E-state index contributed by atoms with van der Waals surface area (Å²) in [7, 11) is 0. The number of benzene rings is 2. The third-order valence-corrected chi connectivity index (χ3v) is 12.2. The summed E-state index contributed by atoms with van der Waals surface area (Å²) >= 11 is 3.73. The Morgan fingerprint density at radius 2 is 1.35 bits per heavy atom. The van der Waals surface area contributed by atoms with Crippen molar-refractivity contribution in [3.8, 4) is 0 Å².